The molecule has 6 heterocycles. The third-order valence-electron chi connectivity index (χ3n) is 19.6. The lowest BCUT2D eigenvalue weighted by Crippen LogP contribution is -2.30. The maximum absolute atomic E-state index is 18.4. The predicted molar refractivity (Wildman–Crippen MR) is 370 cm³/mol. The Kier molecular flexibility index (Phi) is 9.92. The lowest BCUT2D eigenvalue weighted by atomic mass is 9.89. The minimum Gasteiger partial charge on any atom is -0.455 e. The second-order valence-electron chi connectivity index (χ2n) is 24.1. The van der Waals surface area contributed by atoms with Gasteiger partial charge in [-0.15, -0.1) is 0 Å². The number of aromatic nitrogens is 2. The highest BCUT2D eigenvalue weighted by Crippen LogP contribution is 2.71. The minimum absolute atomic E-state index is 0.829. The maximum atomic E-state index is 18.4. The molecule has 0 saturated heterocycles. The first-order valence-corrected chi connectivity index (χ1v) is 32.7. The van der Waals surface area contributed by atoms with Gasteiger partial charge in [0.05, 0.1) is 22.1 Å². The monoisotopic (exact) mass is 1170 g/mol. The third kappa shape index (κ3) is 6.31. The molecule has 5 nitrogen and oxygen atoms in total. The minimum atomic E-state index is -4.30. The predicted octanol–water partition coefficient (Wildman–Crippen LogP) is 22.7. The van der Waals surface area contributed by atoms with Crippen molar-refractivity contribution < 1.29 is 13.0 Å². The van der Waals surface area contributed by atoms with E-state index < -0.39 is 9.07 Å². The smallest absolute Gasteiger partial charge is 0.144 e. The molecule has 0 fully saturated rings. The molecular weight excluding hydrogens is 1120 g/mol. The molecule has 0 amide bonds. The average molecular weight is 1170 g/mol. The standard InChI is InChI=1S/C84H50N2O3S/c87-90(75-41-21-15-31-59(75)65-47-51(43-45-77(65)90)55-27-7-9-33-61(55)81-79-63-35-11-17-37-69(63)85(53-23-3-1-4-24-53)71(79)49-67-57-29-13-19-39-73(57)88-83(67)81)76-42-22-16-32-60(76)66-48-52(44-46-78(66)90)56-28-8-10-34-62(56)82-80-64-36-12-18-38-70(64)86(54-25-5-2-6-26-54)72(80)50-68-58-30-14-20-40-74(58)89-84(68)82/h1-50H. The van der Waals surface area contributed by atoms with Gasteiger partial charge in [0.2, 0.25) is 0 Å². The number of benzene rings is 14. The van der Waals surface area contributed by atoms with Crippen molar-refractivity contribution in [2.45, 2.75) is 19.6 Å². The molecule has 1 spiro atoms. The van der Waals surface area contributed by atoms with Crippen molar-refractivity contribution in [3.8, 4) is 78.1 Å². The summed E-state index contributed by atoms with van der Waals surface area (Å²) in [5, 5.41) is 8.79. The summed E-state index contributed by atoms with van der Waals surface area (Å²) in [6.45, 7) is 0. The quantitative estimate of drug-likeness (QED) is 0.167. The van der Waals surface area contributed by atoms with Gasteiger partial charge in [-0.05, 0) is 153 Å². The zero-order valence-corrected chi connectivity index (χ0v) is 49.2. The van der Waals surface area contributed by atoms with Crippen LogP contribution in [0.2, 0.25) is 0 Å². The molecule has 6 heteroatoms. The van der Waals surface area contributed by atoms with Gasteiger partial charge in [0.1, 0.15) is 22.3 Å². The molecule has 0 atom stereocenters. The van der Waals surface area contributed by atoms with Crippen LogP contribution in [0.4, 0.5) is 0 Å². The van der Waals surface area contributed by atoms with Crippen molar-refractivity contribution in [2.24, 2.45) is 0 Å². The van der Waals surface area contributed by atoms with E-state index in [4.69, 9.17) is 8.83 Å². The second-order valence-corrected chi connectivity index (χ2v) is 27.7. The largest absolute Gasteiger partial charge is 0.455 e. The molecule has 0 saturated carbocycles. The normalized spacial score (nSPS) is 14.1. The molecule has 20 rings (SSSR count). The van der Waals surface area contributed by atoms with Gasteiger partial charge in [-0.1, -0.05) is 206 Å². The molecule has 0 radical (unpaired) electrons. The SMILES string of the molecule is O=S12(c3ccccc3-c3cc(-c4ccccc4-c4c5oc6ccccc6c5cc5c4c4ccccc4n5-c4ccccc4)ccc31)c1ccccc1-c1cc(-c3ccccc3-c3c4oc5ccccc5c4cc4c3c3ccccc3n4-c3ccccc3)ccc12. The summed E-state index contributed by atoms with van der Waals surface area (Å²) in [5.41, 5.74) is 22.3. The first kappa shape index (κ1) is 49.5. The third-order valence-corrected chi connectivity index (χ3v) is 24.4. The number of furan rings is 2. The summed E-state index contributed by atoms with van der Waals surface area (Å²) >= 11 is 0. The van der Waals surface area contributed by atoms with Crippen molar-refractivity contribution in [2.75, 3.05) is 0 Å². The first-order valence-electron chi connectivity index (χ1n) is 30.7. The fourth-order valence-electron chi connectivity index (χ4n) is 16.0. The van der Waals surface area contributed by atoms with Crippen molar-refractivity contribution in [1.82, 2.24) is 9.13 Å². The Bertz CT molecular complexity index is 5860. The van der Waals surface area contributed by atoms with Crippen LogP contribution in [0.25, 0.3) is 166 Å². The number of rotatable bonds is 6. The number of hydrogen-bond acceptors (Lipinski definition) is 3. The van der Waals surface area contributed by atoms with Crippen LogP contribution in [-0.4, -0.2) is 13.3 Å². The van der Waals surface area contributed by atoms with Crippen LogP contribution in [0.3, 0.4) is 0 Å². The molecule has 90 heavy (non-hydrogen) atoms. The topological polar surface area (TPSA) is 53.2 Å². The Labute approximate surface area is 516 Å². The van der Waals surface area contributed by atoms with Crippen molar-refractivity contribution in [1.29, 1.82) is 0 Å². The van der Waals surface area contributed by atoms with E-state index in [2.05, 4.69) is 300 Å². The van der Waals surface area contributed by atoms with E-state index in [0.717, 1.165) is 185 Å². The van der Waals surface area contributed by atoms with Crippen LogP contribution >= 0.6 is 0 Å². The molecule has 420 valence electrons. The van der Waals surface area contributed by atoms with E-state index in [-0.39, 0.29) is 0 Å². The molecule has 18 aromatic rings. The van der Waals surface area contributed by atoms with Crippen molar-refractivity contribution in [3.63, 3.8) is 0 Å². The molecule has 0 N–H and O–H groups in total. The summed E-state index contributed by atoms with van der Waals surface area (Å²) in [6.07, 6.45) is 0. The fraction of sp³-hybridized carbons (Fsp3) is 0. The Morgan fingerprint density at radius 1 is 0.256 bits per heavy atom. The van der Waals surface area contributed by atoms with Gasteiger partial charge in [-0.3, -0.25) is 4.21 Å². The number of para-hydroxylation sites is 6. The second kappa shape index (κ2) is 18.0. The number of fused-ring (bicyclic) bond motifs is 22. The van der Waals surface area contributed by atoms with E-state index >= 15 is 4.21 Å². The number of nitrogens with zero attached hydrogens (tertiary/aromatic N) is 2. The maximum Gasteiger partial charge on any atom is 0.144 e. The van der Waals surface area contributed by atoms with E-state index in [9.17, 15) is 0 Å². The zero-order chi connectivity index (χ0) is 59.0. The molecular formula is C84H50N2O3S. The molecule has 14 aromatic carbocycles. The van der Waals surface area contributed by atoms with Gasteiger partial charge >= 0.3 is 0 Å². The van der Waals surface area contributed by atoms with E-state index in [0.29, 0.717) is 0 Å². The fourth-order valence-corrected chi connectivity index (χ4v) is 21.1. The van der Waals surface area contributed by atoms with Gasteiger partial charge < -0.3 is 18.0 Å². The van der Waals surface area contributed by atoms with Crippen LogP contribution < -0.4 is 0 Å². The first-order chi connectivity index (χ1) is 44.5. The van der Waals surface area contributed by atoms with Crippen LogP contribution in [0, 0.1) is 0 Å². The highest BCUT2D eigenvalue weighted by atomic mass is 32.3. The van der Waals surface area contributed by atoms with E-state index in [1.165, 1.54) is 0 Å². The Balaban J connectivity index is 0.801. The summed E-state index contributed by atoms with van der Waals surface area (Å²) in [6, 6.07) is 108. The lowest BCUT2D eigenvalue weighted by molar-refractivity contribution is 0.658. The molecule has 0 bridgehead atoms. The van der Waals surface area contributed by atoms with Gasteiger partial charge in [0, 0.05) is 94.2 Å². The Hall–Kier alpha value is -11.6. The Morgan fingerprint density at radius 3 is 1.04 bits per heavy atom. The summed E-state index contributed by atoms with van der Waals surface area (Å²) in [4.78, 5) is 3.33. The van der Waals surface area contributed by atoms with Gasteiger partial charge in [-0.25, -0.2) is 0 Å². The van der Waals surface area contributed by atoms with E-state index in [1.54, 1.807) is 0 Å². The molecule has 0 aliphatic carbocycles. The number of hydrogen-bond donors (Lipinski definition) is 0. The van der Waals surface area contributed by atoms with Crippen LogP contribution in [0.1, 0.15) is 0 Å². The molecule has 0 unspecified atom stereocenters. The van der Waals surface area contributed by atoms with Gasteiger partial charge in [-0.2, -0.15) is 0 Å². The highest BCUT2D eigenvalue weighted by molar-refractivity contribution is 8.21. The molecule has 4 aromatic heterocycles. The van der Waals surface area contributed by atoms with Gasteiger partial charge in [0.15, 0.2) is 0 Å². The summed E-state index contributed by atoms with van der Waals surface area (Å²) < 4.78 is 37.3. The average Bonchev–Trinajstić information content (AvgIpc) is 1.47. The van der Waals surface area contributed by atoms with Crippen LogP contribution in [-0.2, 0) is 9.07 Å². The van der Waals surface area contributed by atoms with Gasteiger partial charge in [0.25, 0.3) is 0 Å². The van der Waals surface area contributed by atoms with Crippen molar-refractivity contribution >= 4 is 96.6 Å². The molecule has 2 aliphatic rings. The summed E-state index contributed by atoms with van der Waals surface area (Å²) in [7, 11) is -4.30. The summed E-state index contributed by atoms with van der Waals surface area (Å²) in [5.74, 6) is 0. The van der Waals surface area contributed by atoms with Crippen LogP contribution in [0.5, 0.6) is 0 Å². The highest BCUT2D eigenvalue weighted by Gasteiger charge is 2.57. The Morgan fingerprint density at radius 2 is 0.600 bits per heavy atom. The van der Waals surface area contributed by atoms with E-state index in [1.807, 2.05) is 12.1 Å². The van der Waals surface area contributed by atoms with Crippen molar-refractivity contribution in [3.05, 3.63) is 303 Å². The molecule has 2 aliphatic heterocycles. The lowest BCUT2D eigenvalue weighted by Gasteiger charge is -2.38. The van der Waals surface area contributed by atoms with Crippen LogP contribution in [0.15, 0.2) is 332 Å². The zero-order valence-electron chi connectivity index (χ0n) is 48.4.